The number of carbonyl (C=O) groups is 1. The van der Waals surface area contributed by atoms with Crippen LogP contribution >= 0.6 is 0 Å². The van der Waals surface area contributed by atoms with E-state index in [2.05, 4.69) is 13.2 Å². The van der Waals surface area contributed by atoms with Crippen LogP contribution in [0.3, 0.4) is 0 Å². The molecule has 0 saturated heterocycles. The second-order valence-corrected chi connectivity index (χ2v) is 4.31. The van der Waals surface area contributed by atoms with E-state index < -0.39 is 6.29 Å². The highest BCUT2D eigenvalue weighted by Crippen LogP contribution is 2.26. The van der Waals surface area contributed by atoms with Crippen LogP contribution < -0.4 is 0 Å². The Kier molecular flexibility index (Phi) is 6.82. The Morgan fingerprint density at radius 2 is 1.65 bits per heavy atom. The molecule has 0 aliphatic heterocycles. The Morgan fingerprint density at radius 3 is 2.12 bits per heavy atom. The van der Waals surface area contributed by atoms with Gasteiger partial charge in [-0.05, 0) is 12.8 Å². The first-order valence-corrected chi connectivity index (χ1v) is 6.28. The molecule has 0 spiro atoms. The maximum atomic E-state index is 12.2. The maximum absolute atomic E-state index is 12.2. The minimum atomic E-state index is -0.755. The zero-order chi connectivity index (χ0) is 12.5. The van der Waals surface area contributed by atoms with Gasteiger partial charge in [0, 0.05) is 5.92 Å². The zero-order valence-electron chi connectivity index (χ0n) is 10.4. The van der Waals surface area contributed by atoms with Gasteiger partial charge in [0.2, 0.25) is 6.29 Å². The lowest BCUT2D eigenvalue weighted by Crippen LogP contribution is -2.34. The van der Waals surface area contributed by atoms with Crippen molar-refractivity contribution >= 4 is 5.78 Å². The number of carbonyl (C=O) groups excluding carboxylic acids is 1. The Balaban J connectivity index is 2.49. The van der Waals surface area contributed by atoms with Gasteiger partial charge in [0.25, 0.3) is 0 Å². The first-order chi connectivity index (χ1) is 8.29. The second kappa shape index (κ2) is 8.20. The topological polar surface area (TPSA) is 35.5 Å². The molecule has 96 valence electrons. The highest BCUT2D eigenvalue weighted by molar-refractivity contribution is 5.84. The van der Waals surface area contributed by atoms with E-state index in [9.17, 15) is 4.79 Å². The van der Waals surface area contributed by atoms with Crippen LogP contribution in [-0.4, -0.2) is 25.3 Å². The number of ketones is 1. The summed E-state index contributed by atoms with van der Waals surface area (Å²) in [6.45, 7) is 7.81. The van der Waals surface area contributed by atoms with Crippen molar-refractivity contribution in [3.05, 3.63) is 25.3 Å². The molecule has 0 N–H and O–H groups in total. The number of rotatable bonds is 8. The van der Waals surface area contributed by atoms with Crippen molar-refractivity contribution in [2.75, 3.05) is 13.2 Å². The molecule has 0 aromatic rings. The zero-order valence-corrected chi connectivity index (χ0v) is 10.4. The quantitative estimate of drug-likeness (QED) is 0.482. The molecule has 17 heavy (non-hydrogen) atoms. The standard InChI is InChI=1S/C14H22O3/c1-3-10-16-14(17-11-4-2)13(15)12-8-6-5-7-9-12/h3-4,12,14H,1-2,5-11H2. The van der Waals surface area contributed by atoms with Gasteiger partial charge in [0.15, 0.2) is 5.78 Å². The number of hydrogen-bond acceptors (Lipinski definition) is 3. The monoisotopic (exact) mass is 238 g/mol. The van der Waals surface area contributed by atoms with Gasteiger partial charge >= 0.3 is 0 Å². The third kappa shape index (κ3) is 4.84. The minimum absolute atomic E-state index is 0.0772. The molecule has 1 saturated carbocycles. The van der Waals surface area contributed by atoms with Crippen molar-refractivity contribution in [1.82, 2.24) is 0 Å². The van der Waals surface area contributed by atoms with Crippen LogP contribution in [0.4, 0.5) is 0 Å². The van der Waals surface area contributed by atoms with Crippen molar-refractivity contribution in [2.45, 2.75) is 38.4 Å². The number of ether oxygens (including phenoxy) is 2. The lowest BCUT2D eigenvalue weighted by Gasteiger charge is -2.24. The van der Waals surface area contributed by atoms with Gasteiger partial charge in [-0.15, -0.1) is 13.2 Å². The molecular weight excluding hydrogens is 216 g/mol. The van der Waals surface area contributed by atoms with E-state index >= 15 is 0 Å². The predicted octanol–water partition coefficient (Wildman–Crippen LogP) is 2.87. The van der Waals surface area contributed by atoms with Crippen molar-refractivity contribution in [3.8, 4) is 0 Å². The van der Waals surface area contributed by atoms with Crippen LogP contribution in [0, 0.1) is 5.92 Å². The molecule has 0 bridgehead atoms. The van der Waals surface area contributed by atoms with Crippen molar-refractivity contribution < 1.29 is 14.3 Å². The third-order valence-electron chi connectivity index (χ3n) is 2.97. The van der Waals surface area contributed by atoms with Crippen molar-refractivity contribution in [1.29, 1.82) is 0 Å². The number of Topliss-reactive ketones (excluding diaryl/α,β-unsaturated/α-hetero) is 1. The summed E-state index contributed by atoms with van der Waals surface area (Å²) in [5.74, 6) is 0.178. The molecule has 3 nitrogen and oxygen atoms in total. The minimum Gasteiger partial charge on any atom is -0.342 e. The highest BCUT2D eigenvalue weighted by atomic mass is 16.7. The summed E-state index contributed by atoms with van der Waals surface area (Å²) in [4.78, 5) is 12.2. The lowest BCUT2D eigenvalue weighted by molar-refractivity contribution is -0.169. The van der Waals surface area contributed by atoms with Gasteiger partial charge in [0.1, 0.15) is 0 Å². The predicted molar refractivity (Wildman–Crippen MR) is 67.7 cm³/mol. The van der Waals surface area contributed by atoms with Gasteiger partial charge in [-0.2, -0.15) is 0 Å². The van der Waals surface area contributed by atoms with E-state index in [4.69, 9.17) is 9.47 Å². The Bertz CT molecular complexity index is 242. The lowest BCUT2D eigenvalue weighted by atomic mass is 9.86. The molecular formula is C14H22O3. The summed E-state index contributed by atoms with van der Waals surface area (Å²) >= 11 is 0. The van der Waals surface area contributed by atoms with E-state index in [-0.39, 0.29) is 11.7 Å². The molecule has 0 aromatic carbocycles. The van der Waals surface area contributed by atoms with E-state index in [0.29, 0.717) is 13.2 Å². The Hall–Kier alpha value is -0.930. The van der Waals surface area contributed by atoms with Gasteiger partial charge in [-0.1, -0.05) is 31.4 Å². The Morgan fingerprint density at radius 1 is 1.12 bits per heavy atom. The van der Waals surface area contributed by atoms with Crippen LogP contribution in [0.2, 0.25) is 0 Å². The average molecular weight is 238 g/mol. The molecule has 0 amide bonds. The third-order valence-corrected chi connectivity index (χ3v) is 2.97. The molecule has 0 radical (unpaired) electrons. The van der Waals surface area contributed by atoms with Crippen LogP contribution in [0.15, 0.2) is 25.3 Å². The van der Waals surface area contributed by atoms with Crippen molar-refractivity contribution in [2.24, 2.45) is 5.92 Å². The van der Waals surface area contributed by atoms with Crippen molar-refractivity contribution in [3.63, 3.8) is 0 Å². The smallest absolute Gasteiger partial charge is 0.218 e. The van der Waals surface area contributed by atoms with Crippen LogP contribution in [-0.2, 0) is 14.3 Å². The van der Waals surface area contributed by atoms with Gasteiger partial charge in [-0.25, -0.2) is 0 Å². The Labute approximate surface area is 103 Å². The van der Waals surface area contributed by atoms with E-state index in [0.717, 1.165) is 25.7 Å². The molecule has 0 aromatic heterocycles. The van der Waals surface area contributed by atoms with Crippen LogP contribution in [0.25, 0.3) is 0 Å². The first-order valence-electron chi connectivity index (χ1n) is 6.28. The fourth-order valence-corrected chi connectivity index (χ4v) is 2.10. The summed E-state index contributed by atoms with van der Waals surface area (Å²) in [6.07, 6.45) is 7.91. The van der Waals surface area contributed by atoms with Gasteiger partial charge < -0.3 is 9.47 Å². The molecule has 1 aliphatic rings. The molecule has 0 heterocycles. The fourth-order valence-electron chi connectivity index (χ4n) is 2.10. The van der Waals surface area contributed by atoms with Crippen LogP contribution in [0.5, 0.6) is 0 Å². The fraction of sp³-hybridized carbons (Fsp3) is 0.643. The van der Waals surface area contributed by atoms with Gasteiger partial charge in [-0.3, -0.25) is 4.79 Å². The van der Waals surface area contributed by atoms with E-state index in [1.807, 2.05) is 0 Å². The molecule has 1 fully saturated rings. The molecule has 0 unspecified atom stereocenters. The van der Waals surface area contributed by atoms with E-state index in [1.54, 1.807) is 12.2 Å². The van der Waals surface area contributed by atoms with Crippen LogP contribution in [0.1, 0.15) is 32.1 Å². The second-order valence-electron chi connectivity index (χ2n) is 4.31. The van der Waals surface area contributed by atoms with Gasteiger partial charge in [0.05, 0.1) is 13.2 Å². The largest absolute Gasteiger partial charge is 0.342 e. The molecule has 1 rings (SSSR count). The summed E-state index contributed by atoms with van der Waals surface area (Å²) < 4.78 is 10.7. The van der Waals surface area contributed by atoms with E-state index in [1.165, 1.54) is 6.42 Å². The summed E-state index contributed by atoms with van der Waals surface area (Å²) in [5, 5.41) is 0. The first kappa shape index (κ1) is 14.1. The number of hydrogen-bond donors (Lipinski definition) is 0. The summed E-state index contributed by atoms with van der Waals surface area (Å²) in [5.41, 5.74) is 0. The summed E-state index contributed by atoms with van der Waals surface area (Å²) in [7, 11) is 0. The molecule has 1 aliphatic carbocycles. The normalized spacial score (nSPS) is 17.0. The average Bonchev–Trinajstić information content (AvgIpc) is 2.39. The molecule has 0 atom stereocenters. The SMILES string of the molecule is C=CCOC(OCC=C)C(=O)C1CCCCC1. The highest BCUT2D eigenvalue weighted by Gasteiger charge is 2.29. The maximum Gasteiger partial charge on any atom is 0.218 e. The molecule has 3 heteroatoms. The summed E-state index contributed by atoms with van der Waals surface area (Å²) in [6, 6.07) is 0.